The van der Waals surface area contributed by atoms with Crippen LogP contribution in [-0.4, -0.2) is 47.9 Å². The van der Waals surface area contributed by atoms with Crippen molar-refractivity contribution in [3.8, 4) is 11.1 Å². The quantitative estimate of drug-likeness (QED) is 0.559. The average Bonchev–Trinajstić information content (AvgIpc) is 3.39. The molecule has 5 heterocycles. The lowest BCUT2D eigenvalue weighted by molar-refractivity contribution is 0.0786. The van der Waals surface area contributed by atoms with Gasteiger partial charge in [-0.15, -0.1) is 0 Å². The fraction of sp³-hybridized carbons (Fsp3) is 0.263. The number of carbonyl (C=O) groups excluding carboxylic acids is 1. The van der Waals surface area contributed by atoms with E-state index in [2.05, 4.69) is 15.1 Å². The summed E-state index contributed by atoms with van der Waals surface area (Å²) in [6, 6.07) is 5.97. The van der Waals surface area contributed by atoms with Crippen molar-refractivity contribution in [2.24, 2.45) is 0 Å². The Morgan fingerprint density at radius 2 is 1.92 bits per heavy atom. The molecule has 130 valence electrons. The molecule has 0 atom stereocenters. The van der Waals surface area contributed by atoms with Crippen molar-refractivity contribution in [1.29, 1.82) is 0 Å². The average molecular weight is 346 g/mol. The molecule has 0 radical (unpaired) electrons. The van der Waals surface area contributed by atoms with Gasteiger partial charge in [0.1, 0.15) is 17.2 Å². The van der Waals surface area contributed by atoms with Gasteiger partial charge in [0.05, 0.1) is 17.9 Å². The van der Waals surface area contributed by atoms with Gasteiger partial charge in [-0.25, -0.2) is 14.5 Å². The lowest BCUT2D eigenvalue weighted by atomic mass is 10.1. The van der Waals surface area contributed by atoms with Crippen molar-refractivity contribution in [2.45, 2.75) is 19.8 Å². The van der Waals surface area contributed by atoms with Crippen molar-refractivity contribution >= 4 is 17.1 Å². The summed E-state index contributed by atoms with van der Waals surface area (Å²) >= 11 is 0. The summed E-state index contributed by atoms with van der Waals surface area (Å²) in [5, 5.41) is 4.40. The maximum Gasteiger partial charge on any atom is 0.272 e. The van der Waals surface area contributed by atoms with Gasteiger partial charge in [-0.1, -0.05) is 0 Å². The normalized spacial score (nSPS) is 14.6. The van der Waals surface area contributed by atoms with Crippen molar-refractivity contribution < 1.29 is 4.79 Å². The van der Waals surface area contributed by atoms with Crippen LogP contribution in [-0.2, 0) is 0 Å². The molecular formula is C19H18N6O. The first-order valence-electron chi connectivity index (χ1n) is 8.78. The maximum atomic E-state index is 12.8. The van der Waals surface area contributed by atoms with Gasteiger partial charge in [0, 0.05) is 36.6 Å². The highest BCUT2D eigenvalue weighted by atomic mass is 16.2. The minimum absolute atomic E-state index is 0.0489. The summed E-state index contributed by atoms with van der Waals surface area (Å²) in [7, 11) is 0. The number of pyridine rings is 1. The molecule has 1 aliphatic heterocycles. The van der Waals surface area contributed by atoms with E-state index in [1.807, 2.05) is 57.5 Å². The number of imidazole rings is 1. The van der Waals surface area contributed by atoms with Crippen LogP contribution in [0.15, 0.2) is 43.0 Å². The van der Waals surface area contributed by atoms with Gasteiger partial charge in [0.15, 0.2) is 0 Å². The van der Waals surface area contributed by atoms with Crippen molar-refractivity contribution in [3.63, 3.8) is 0 Å². The second-order valence-electron chi connectivity index (χ2n) is 6.65. The van der Waals surface area contributed by atoms with Gasteiger partial charge < -0.3 is 4.90 Å². The number of nitrogens with zero attached hydrogens (tertiary/aromatic N) is 6. The lowest BCUT2D eigenvalue weighted by Gasteiger charge is -2.14. The fourth-order valence-electron chi connectivity index (χ4n) is 3.61. The van der Waals surface area contributed by atoms with Crippen LogP contribution in [0.2, 0.25) is 0 Å². The molecule has 1 saturated heterocycles. The number of rotatable bonds is 2. The minimum Gasteiger partial charge on any atom is -0.337 e. The van der Waals surface area contributed by atoms with Crippen LogP contribution in [0, 0.1) is 6.92 Å². The molecule has 26 heavy (non-hydrogen) atoms. The number of aryl methyl sites for hydroxylation is 1. The molecule has 0 aliphatic carbocycles. The Bertz CT molecular complexity index is 1140. The summed E-state index contributed by atoms with van der Waals surface area (Å²) in [4.78, 5) is 23.4. The third-order valence-electron chi connectivity index (χ3n) is 4.96. The summed E-state index contributed by atoms with van der Waals surface area (Å²) in [6.07, 6.45) is 9.54. The lowest BCUT2D eigenvalue weighted by Crippen LogP contribution is -2.28. The summed E-state index contributed by atoms with van der Waals surface area (Å²) in [5.74, 6) is 0.774. The van der Waals surface area contributed by atoms with E-state index in [1.54, 1.807) is 6.20 Å². The van der Waals surface area contributed by atoms with Gasteiger partial charge in [0.2, 0.25) is 0 Å². The van der Waals surface area contributed by atoms with Gasteiger partial charge in [-0.3, -0.25) is 9.20 Å². The number of hydrogen-bond donors (Lipinski definition) is 0. The Morgan fingerprint density at radius 1 is 1.08 bits per heavy atom. The van der Waals surface area contributed by atoms with E-state index in [0.29, 0.717) is 5.69 Å². The highest BCUT2D eigenvalue weighted by Crippen LogP contribution is 2.26. The number of fused-ring (bicyclic) bond motifs is 2. The Labute approximate surface area is 149 Å². The van der Waals surface area contributed by atoms with Crippen LogP contribution < -0.4 is 0 Å². The van der Waals surface area contributed by atoms with Crippen LogP contribution >= 0.6 is 0 Å². The van der Waals surface area contributed by atoms with Crippen LogP contribution in [0.4, 0.5) is 0 Å². The van der Waals surface area contributed by atoms with Gasteiger partial charge >= 0.3 is 0 Å². The molecule has 4 aromatic heterocycles. The van der Waals surface area contributed by atoms with E-state index >= 15 is 0 Å². The SMILES string of the molecule is Cc1ncc2c(-c3ccc4ncc(C(=O)N5CCCC5)n4c3)ccn2n1. The molecule has 4 aromatic rings. The molecule has 1 amide bonds. The third-order valence-corrected chi connectivity index (χ3v) is 4.96. The molecule has 7 heteroatoms. The van der Waals surface area contributed by atoms with E-state index in [-0.39, 0.29) is 5.91 Å². The first-order chi connectivity index (χ1) is 12.7. The van der Waals surface area contributed by atoms with Crippen LogP contribution in [0.3, 0.4) is 0 Å². The highest BCUT2D eigenvalue weighted by Gasteiger charge is 2.22. The second kappa shape index (κ2) is 5.66. The molecule has 7 nitrogen and oxygen atoms in total. The van der Waals surface area contributed by atoms with E-state index < -0.39 is 0 Å². The summed E-state index contributed by atoms with van der Waals surface area (Å²) in [5.41, 5.74) is 4.34. The first-order valence-corrected chi connectivity index (χ1v) is 8.78. The zero-order valence-electron chi connectivity index (χ0n) is 14.5. The Hall–Kier alpha value is -3.22. The molecule has 0 saturated carbocycles. The Morgan fingerprint density at radius 3 is 2.77 bits per heavy atom. The van der Waals surface area contributed by atoms with Crippen LogP contribution in [0.25, 0.3) is 22.3 Å². The Kier molecular flexibility index (Phi) is 3.28. The molecule has 0 N–H and O–H groups in total. The first kappa shape index (κ1) is 15.1. The number of amides is 1. The van der Waals surface area contributed by atoms with Crippen molar-refractivity contribution in [3.05, 3.63) is 54.5 Å². The predicted molar refractivity (Wildman–Crippen MR) is 97.0 cm³/mol. The molecule has 0 bridgehead atoms. The number of likely N-dealkylation sites (tertiary alicyclic amines) is 1. The van der Waals surface area contributed by atoms with Crippen molar-refractivity contribution in [1.82, 2.24) is 28.9 Å². The highest BCUT2D eigenvalue weighted by molar-refractivity contribution is 5.93. The van der Waals surface area contributed by atoms with Crippen LogP contribution in [0.5, 0.6) is 0 Å². The van der Waals surface area contributed by atoms with Crippen molar-refractivity contribution in [2.75, 3.05) is 13.1 Å². The van der Waals surface area contributed by atoms with E-state index in [9.17, 15) is 4.79 Å². The standard InChI is InChI=1S/C19H18N6O/c1-13-20-10-16-15(6-9-25(16)22-13)14-4-5-18-21-11-17(24(18)12-14)19(26)23-7-2-3-8-23/h4-6,9-12H,2-3,7-8H2,1H3. The molecule has 0 spiro atoms. The number of carbonyl (C=O) groups is 1. The Balaban J connectivity index is 1.62. The fourth-order valence-corrected chi connectivity index (χ4v) is 3.61. The molecule has 5 rings (SSSR count). The monoisotopic (exact) mass is 346 g/mol. The second-order valence-corrected chi connectivity index (χ2v) is 6.65. The zero-order chi connectivity index (χ0) is 17.7. The number of aromatic nitrogens is 5. The molecular weight excluding hydrogens is 328 g/mol. The maximum absolute atomic E-state index is 12.8. The zero-order valence-corrected chi connectivity index (χ0v) is 14.5. The molecule has 0 aromatic carbocycles. The summed E-state index contributed by atoms with van der Waals surface area (Å²) < 4.78 is 3.71. The molecule has 0 unspecified atom stereocenters. The third kappa shape index (κ3) is 2.28. The van der Waals surface area contributed by atoms with E-state index in [1.165, 1.54) is 0 Å². The minimum atomic E-state index is 0.0489. The topological polar surface area (TPSA) is 67.8 Å². The van der Waals surface area contributed by atoms with Crippen LogP contribution in [0.1, 0.15) is 29.2 Å². The number of hydrogen-bond acceptors (Lipinski definition) is 4. The smallest absolute Gasteiger partial charge is 0.272 e. The summed E-state index contributed by atoms with van der Waals surface area (Å²) in [6.45, 7) is 3.52. The van der Waals surface area contributed by atoms with Gasteiger partial charge in [-0.2, -0.15) is 5.10 Å². The van der Waals surface area contributed by atoms with E-state index in [0.717, 1.165) is 54.0 Å². The van der Waals surface area contributed by atoms with Gasteiger partial charge in [-0.05, 0) is 38.0 Å². The largest absolute Gasteiger partial charge is 0.337 e. The molecule has 1 fully saturated rings. The predicted octanol–water partition coefficient (Wildman–Crippen LogP) is 2.59. The molecule has 1 aliphatic rings. The van der Waals surface area contributed by atoms with E-state index in [4.69, 9.17) is 0 Å². The van der Waals surface area contributed by atoms with Gasteiger partial charge in [0.25, 0.3) is 5.91 Å².